The molecule has 0 spiro atoms. The first-order valence-electron chi connectivity index (χ1n) is 20.0. The van der Waals surface area contributed by atoms with Gasteiger partial charge in [-0.2, -0.15) is 5.26 Å². The van der Waals surface area contributed by atoms with E-state index >= 15 is 0 Å². The molecule has 0 radical (unpaired) electrons. The molecule has 8 aromatic rings. The number of fused-ring (bicyclic) bond motifs is 7. The first-order chi connectivity index (χ1) is 28.1. The Hall–Kier alpha value is -7.08. The summed E-state index contributed by atoms with van der Waals surface area (Å²) < 4.78 is 6.93. The Morgan fingerprint density at radius 1 is 0.621 bits per heavy atom. The highest BCUT2D eigenvalue weighted by Gasteiger charge is 2.40. The summed E-state index contributed by atoms with van der Waals surface area (Å²) >= 11 is 0. The second-order valence-electron chi connectivity index (χ2n) is 16.4. The van der Waals surface area contributed by atoms with Crippen molar-refractivity contribution in [2.75, 3.05) is 9.80 Å². The fourth-order valence-electron chi connectivity index (χ4n) is 8.72. The van der Waals surface area contributed by atoms with E-state index in [1.165, 1.54) is 33.4 Å². The zero-order valence-electron chi connectivity index (χ0n) is 33.7. The SMILES string of the molecule is [C-]#[N+]c1ccc(N(c2ccc(C(C)C)cc2)c2cc3c(c4c2oc2ccccc24)C(C)(C)c2cc(N(c4ccc(C#N)cc4)c4ccc(C(C)C)cc4)ccc2-3)cc1. The number of furan rings is 1. The van der Waals surface area contributed by atoms with Crippen LogP contribution in [0.15, 0.2) is 150 Å². The fourth-order valence-corrected chi connectivity index (χ4v) is 8.72. The Morgan fingerprint density at radius 3 is 1.72 bits per heavy atom. The van der Waals surface area contributed by atoms with E-state index in [1.807, 2.05) is 54.6 Å². The monoisotopic (exact) mass is 752 g/mol. The minimum atomic E-state index is -0.386. The van der Waals surface area contributed by atoms with Crippen molar-refractivity contribution in [2.45, 2.75) is 58.8 Å². The third-order valence-corrected chi connectivity index (χ3v) is 11.8. The highest BCUT2D eigenvalue weighted by molar-refractivity contribution is 6.16. The van der Waals surface area contributed by atoms with Gasteiger partial charge in [-0.25, -0.2) is 4.85 Å². The van der Waals surface area contributed by atoms with Crippen molar-refractivity contribution in [1.29, 1.82) is 5.26 Å². The minimum absolute atomic E-state index is 0.386. The predicted octanol–water partition coefficient (Wildman–Crippen LogP) is 15.5. The molecule has 0 fully saturated rings. The van der Waals surface area contributed by atoms with Crippen molar-refractivity contribution in [3.8, 4) is 17.2 Å². The van der Waals surface area contributed by atoms with Crippen LogP contribution < -0.4 is 9.80 Å². The maximum absolute atomic E-state index is 9.61. The highest BCUT2D eigenvalue weighted by Crippen LogP contribution is 2.57. The van der Waals surface area contributed by atoms with Gasteiger partial charge in [-0.15, -0.1) is 0 Å². The van der Waals surface area contributed by atoms with Gasteiger partial charge in [0.2, 0.25) is 0 Å². The van der Waals surface area contributed by atoms with Crippen molar-refractivity contribution in [1.82, 2.24) is 0 Å². The molecule has 0 atom stereocenters. The molecule has 9 rings (SSSR count). The van der Waals surface area contributed by atoms with Crippen LogP contribution in [0.4, 0.5) is 39.8 Å². The van der Waals surface area contributed by atoms with E-state index < -0.39 is 0 Å². The van der Waals surface area contributed by atoms with Gasteiger partial charge in [0.15, 0.2) is 11.3 Å². The molecule has 0 saturated heterocycles. The lowest BCUT2D eigenvalue weighted by Crippen LogP contribution is -2.17. The maximum atomic E-state index is 9.61. The normalized spacial score (nSPS) is 12.7. The standard InChI is InChI=1S/C53H44N4O/c1-33(2)36-14-22-40(23-15-36)56(39-20-12-35(32-54)13-21-39)43-28-29-44-46-31-48(52-50(45-10-8-9-11-49(45)58-52)51(46)53(5,6)47(44)30-43)57(42-26-18-38(55-7)19-27-42)41-24-16-37(17-25-41)34(3)4/h8-31,33-34H,1-6H3. The van der Waals surface area contributed by atoms with E-state index in [2.05, 4.69) is 153 Å². The van der Waals surface area contributed by atoms with Crippen molar-refractivity contribution < 1.29 is 4.42 Å². The van der Waals surface area contributed by atoms with Gasteiger partial charge in [0.05, 0.1) is 23.9 Å². The summed E-state index contributed by atoms with van der Waals surface area (Å²) in [6.45, 7) is 21.2. The molecule has 0 amide bonds. The Labute approximate surface area is 340 Å². The summed E-state index contributed by atoms with van der Waals surface area (Å²) in [5, 5.41) is 11.8. The molecule has 1 heterocycles. The van der Waals surface area contributed by atoms with Gasteiger partial charge < -0.3 is 14.2 Å². The van der Waals surface area contributed by atoms with Gasteiger partial charge in [-0.1, -0.05) is 102 Å². The average molecular weight is 753 g/mol. The van der Waals surface area contributed by atoms with Gasteiger partial charge in [0.1, 0.15) is 5.58 Å². The molecular formula is C53H44N4O. The zero-order chi connectivity index (χ0) is 40.3. The van der Waals surface area contributed by atoms with Crippen LogP contribution in [0.2, 0.25) is 0 Å². The lowest BCUT2D eigenvalue weighted by molar-refractivity contribution is 0.657. The second kappa shape index (κ2) is 14.1. The topological polar surface area (TPSA) is 47.8 Å². The zero-order valence-corrected chi connectivity index (χ0v) is 33.7. The summed E-state index contributed by atoms with van der Waals surface area (Å²) in [5.41, 5.74) is 15.9. The van der Waals surface area contributed by atoms with Crippen LogP contribution in [0.1, 0.15) is 81.2 Å². The van der Waals surface area contributed by atoms with Gasteiger partial charge in [0, 0.05) is 44.6 Å². The Balaban J connectivity index is 1.28. The van der Waals surface area contributed by atoms with E-state index in [0.29, 0.717) is 23.1 Å². The third kappa shape index (κ3) is 5.99. The number of nitriles is 1. The maximum Gasteiger partial charge on any atom is 0.187 e. The number of rotatable bonds is 8. The van der Waals surface area contributed by atoms with E-state index in [1.54, 1.807) is 0 Å². The molecule has 1 aliphatic rings. The van der Waals surface area contributed by atoms with Gasteiger partial charge in [-0.05, 0) is 130 Å². The number of para-hydroxylation sites is 1. The molecular weight excluding hydrogens is 709 g/mol. The van der Waals surface area contributed by atoms with Crippen molar-refractivity contribution in [3.05, 3.63) is 185 Å². The number of benzene rings is 7. The van der Waals surface area contributed by atoms with E-state index in [9.17, 15) is 5.26 Å². The molecule has 1 aliphatic carbocycles. The molecule has 0 aliphatic heterocycles. The summed E-state index contributed by atoms with van der Waals surface area (Å²) in [6, 6.07) is 53.1. The van der Waals surface area contributed by atoms with Crippen LogP contribution in [0, 0.1) is 17.9 Å². The third-order valence-electron chi connectivity index (χ3n) is 11.8. The molecule has 0 saturated carbocycles. The Kier molecular flexibility index (Phi) is 8.91. The van der Waals surface area contributed by atoms with Crippen LogP contribution in [-0.4, -0.2) is 0 Å². The van der Waals surface area contributed by atoms with E-state index in [0.717, 1.165) is 56.1 Å². The quantitative estimate of drug-likeness (QED) is 0.145. The molecule has 0 bridgehead atoms. The van der Waals surface area contributed by atoms with Crippen LogP contribution in [-0.2, 0) is 5.41 Å². The number of nitrogens with zero attached hydrogens (tertiary/aromatic N) is 4. The predicted molar refractivity (Wildman–Crippen MR) is 240 cm³/mol. The van der Waals surface area contributed by atoms with E-state index in [4.69, 9.17) is 11.0 Å². The van der Waals surface area contributed by atoms with Crippen molar-refractivity contribution in [3.63, 3.8) is 0 Å². The van der Waals surface area contributed by atoms with Crippen LogP contribution in [0.3, 0.4) is 0 Å². The number of hydrogen-bond donors (Lipinski definition) is 0. The summed E-state index contributed by atoms with van der Waals surface area (Å²) in [7, 11) is 0. The van der Waals surface area contributed by atoms with Crippen LogP contribution in [0.5, 0.6) is 0 Å². The average Bonchev–Trinajstić information content (AvgIpc) is 3.73. The van der Waals surface area contributed by atoms with Crippen molar-refractivity contribution in [2.24, 2.45) is 0 Å². The van der Waals surface area contributed by atoms with Crippen molar-refractivity contribution >= 4 is 61.8 Å². The largest absolute Gasteiger partial charge is 0.454 e. The Morgan fingerprint density at radius 2 is 1.16 bits per heavy atom. The fraction of sp³-hybridized carbons (Fsp3) is 0.170. The molecule has 5 nitrogen and oxygen atoms in total. The van der Waals surface area contributed by atoms with Crippen LogP contribution >= 0.6 is 0 Å². The van der Waals surface area contributed by atoms with Crippen LogP contribution in [0.25, 0.3) is 37.9 Å². The van der Waals surface area contributed by atoms with Gasteiger partial charge >= 0.3 is 0 Å². The number of anilines is 6. The van der Waals surface area contributed by atoms with Gasteiger partial charge in [-0.3, -0.25) is 0 Å². The molecule has 7 aromatic carbocycles. The lowest BCUT2D eigenvalue weighted by Gasteiger charge is -2.29. The van der Waals surface area contributed by atoms with Gasteiger partial charge in [0.25, 0.3) is 0 Å². The first-order valence-corrected chi connectivity index (χ1v) is 20.0. The lowest BCUT2D eigenvalue weighted by atomic mass is 9.80. The second-order valence-corrected chi connectivity index (χ2v) is 16.4. The smallest absolute Gasteiger partial charge is 0.187 e. The summed E-state index contributed by atoms with van der Waals surface area (Å²) in [4.78, 5) is 8.25. The molecule has 0 N–H and O–H groups in total. The summed E-state index contributed by atoms with van der Waals surface area (Å²) in [6.07, 6.45) is 0. The van der Waals surface area contributed by atoms with E-state index in [-0.39, 0.29) is 5.41 Å². The minimum Gasteiger partial charge on any atom is -0.454 e. The molecule has 0 unspecified atom stereocenters. The molecule has 282 valence electrons. The summed E-state index contributed by atoms with van der Waals surface area (Å²) in [5.74, 6) is 0.823. The molecule has 5 heteroatoms. The molecule has 58 heavy (non-hydrogen) atoms. The Bertz CT molecular complexity index is 2920. The first kappa shape index (κ1) is 36.6. The number of hydrogen-bond acceptors (Lipinski definition) is 4. The molecule has 1 aromatic heterocycles. The highest BCUT2D eigenvalue weighted by atomic mass is 16.3.